The lowest BCUT2D eigenvalue weighted by atomic mass is 10.2. The Morgan fingerprint density at radius 2 is 2.33 bits per heavy atom. The summed E-state index contributed by atoms with van der Waals surface area (Å²) in [5, 5.41) is 5.91. The van der Waals surface area contributed by atoms with E-state index in [4.69, 9.17) is 0 Å². The summed E-state index contributed by atoms with van der Waals surface area (Å²) in [7, 11) is 1.36. The number of amides is 1. The predicted octanol–water partition coefficient (Wildman–Crippen LogP) is -0.192. The molecule has 1 amide bonds. The maximum Gasteiger partial charge on any atom is 0.305 e. The monoisotopic (exact) mass is 214 g/mol. The van der Waals surface area contributed by atoms with E-state index in [1.165, 1.54) is 7.11 Å². The second kappa shape index (κ2) is 6.40. The number of methoxy groups -OCH3 is 1. The summed E-state index contributed by atoms with van der Waals surface area (Å²) in [6, 6.07) is -0.0388. The van der Waals surface area contributed by atoms with Crippen LogP contribution < -0.4 is 10.6 Å². The SMILES string of the molecule is COC(=O)CCCNC(=O)C1CCCN1. The van der Waals surface area contributed by atoms with Gasteiger partial charge in [-0.2, -0.15) is 0 Å². The van der Waals surface area contributed by atoms with Crippen LogP contribution in [0.25, 0.3) is 0 Å². The Kier molecular flexibility index (Phi) is 5.10. The molecule has 0 aromatic rings. The minimum Gasteiger partial charge on any atom is -0.469 e. The van der Waals surface area contributed by atoms with E-state index in [2.05, 4.69) is 15.4 Å². The van der Waals surface area contributed by atoms with Gasteiger partial charge in [0.1, 0.15) is 0 Å². The molecule has 0 aromatic heterocycles. The van der Waals surface area contributed by atoms with Gasteiger partial charge in [0.2, 0.25) is 5.91 Å². The Bertz CT molecular complexity index is 225. The van der Waals surface area contributed by atoms with E-state index in [0.717, 1.165) is 19.4 Å². The highest BCUT2D eigenvalue weighted by Gasteiger charge is 2.21. The van der Waals surface area contributed by atoms with Gasteiger partial charge >= 0.3 is 5.97 Å². The molecule has 0 aromatic carbocycles. The van der Waals surface area contributed by atoms with Crippen LogP contribution in [0.15, 0.2) is 0 Å². The van der Waals surface area contributed by atoms with Crippen LogP contribution in [0.3, 0.4) is 0 Å². The Morgan fingerprint density at radius 3 is 2.93 bits per heavy atom. The first-order valence-corrected chi connectivity index (χ1v) is 5.32. The zero-order chi connectivity index (χ0) is 11.1. The fraction of sp³-hybridized carbons (Fsp3) is 0.800. The van der Waals surface area contributed by atoms with Gasteiger partial charge in [0.05, 0.1) is 13.2 Å². The minimum atomic E-state index is -0.233. The maximum absolute atomic E-state index is 11.5. The average molecular weight is 214 g/mol. The number of hydrogen-bond donors (Lipinski definition) is 2. The van der Waals surface area contributed by atoms with Gasteiger partial charge in [0.25, 0.3) is 0 Å². The third-order valence-corrected chi connectivity index (χ3v) is 2.46. The lowest BCUT2D eigenvalue weighted by Crippen LogP contribution is -2.40. The van der Waals surface area contributed by atoms with E-state index in [0.29, 0.717) is 19.4 Å². The predicted molar refractivity (Wildman–Crippen MR) is 55.3 cm³/mol. The normalized spacial score (nSPS) is 19.9. The molecule has 15 heavy (non-hydrogen) atoms. The second-order valence-electron chi connectivity index (χ2n) is 3.62. The fourth-order valence-electron chi connectivity index (χ4n) is 1.58. The molecule has 0 bridgehead atoms. The van der Waals surface area contributed by atoms with E-state index in [1.54, 1.807) is 0 Å². The number of rotatable bonds is 5. The van der Waals surface area contributed by atoms with Crippen molar-refractivity contribution in [1.29, 1.82) is 0 Å². The molecule has 1 saturated heterocycles. The molecule has 1 atom stereocenters. The van der Waals surface area contributed by atoms with E-state index in [9.17, 15) is 9.59 Å². The van der Waals surface area contributed by atoms with E-state index >= 15 is 0 Å². The van der Waals surface area contributed by atoms with Gasteiger partial charge in [0.15, 0.2) is 0 Å². The smallest absolute Gasteiger partial charge is 0.305 e. The van der Waals surface area contributed by atoms with E-state index < -0.39 is 0 Å². The summed E-state index contributed by atoms with van der Waals surface area (Å²) in [4.78, 5) is 22.2. The van der Waals surface area contributed by atoms with Gasteiger partial charge in [-0.1, -0.05) is 0 Å². The van der Waals surface area contributed by atoms with Crippen molar-refractivity contribution in [3.63, 3.8) is 0 Å². The molecule has 0 radical (unpaired) electrons. The van der Waals surface area contributed by atoms with Gasteiger partial charge in [-0.15, -0.1) is 0 Å². The lowest BCUT2D eigenvalue weighted by molar-refractivity contribution is -0.140. The van der Waals surface area contributed by atoms with E-state index in [1.807, 2.05) is 0 Å². The van der Waals surface area contributed by atoms with Crippen molar-refractivity contribution in [3.05, 3.63) is 0 Å². The standard InChI is InChI=1S/C10H18N2O3/c1-15-9(13)5-3-7-12-10(14)8-4-2-6-11-8/h8,11H,2-7H2,1H3,(H,12,14). The van der Waals surface area contributed by atoms with Gasteiger partial charge in [-0.05, 0) is 25.8 Å². The summed E-state index contributed by atoms with van der Waals surface area (Å²) in [6.07, 6.45) is 2.95. The molecular formula is C10H18N2O3. The summed E-state index contributed by atoms with van der Waals surface area (Å²) in [5.41, 5.74) is 0. The fourth-order valence-corrected chi connectivity index (χ4v) is 1.58. The van der Waals surface area contributed by atoms with Crippen molar-refractivity contribution >= 4 is 11.9 Å². The van der Waals surface area contributed by atoms with Crippen molar-refractivity contribution in [2.75, 3.05) is 20.2 Å². The van der Waals surface area contributed by atoms with Crippen LogP contribution in [0.5, 0.6) is 0 Å². The number of carbonyl (C=O) groups excluding carboxylic acids is 2. The van der Waals surface area contributed by atoms with Gasteiger partial charge in [-0.25, -0.2) is 0 Å². The molecule has 86 valence electrons. The van der Waals surface area contributed by atoms with Crippen molar-refractivity contribution in [3.8, 4) is 0 Å². The zero-order valence-electron chi connectivity index (χ0n) is 9.04. The Labute approximate surface area is 89.6 Å². The molecule has 1 aliphatic heterocycles. The highest BCUT2D eigenvalue weighted by atomic mass is 16.5. The molecule has 0 spiro atoms. The third kappa shape index (κ3) is 4.29. The largest absolute Gasteiger partial charge is 0.469 e. The van der Waals surface area contributed by atoms with Gasteiger partial charge < -0.3 is 15.4 Å². The van der Waals surface area contributed by atoms with Crippen LogP contribution in [-0.4, -0.2) is 38.1 Å². The maximum atomic E-state index is 11.5. The molecule has 5 nitrogen and oxygen atoms in total. The first kappa shape index (κ1) is 12.0. The molecule has 0 saturated carbocycles. The Morgan fingerprint density at radius 1 is 1.53 bits per heavy atom. The highest BCUT2D eigenvalue weighted by Crippen LogP contribution is 2.04. The summed E-state index contributed by atoms with van der Waals surface area (Å²) in [5.74, 6) is -0.194. The third-order valence-electron chi connectivity index (χ3n) is 2.46. The molecule has 1 fully saturated rings. The van der Waals surface area contributed by atoms with Crippen LogP contribution in [0.2, 0.25) is 0 Å². The van der Waals surface area contributed by atoms with E-state index in [-0.39, 0.29) is 17.9 Å². The van der Waals surface area contributed by atoms with Crippen LogP contribution in [0.4, 0.5) is 0 Å². The number of carbonyl (C=O) groups is 2. The lowest BCUT2D eigenvalue weighted by Gasteiger charge is -2.10. The molecule has 1 heterocycles. The van der Waals surface area contributed by atoms with Crippen molar-refractivity contribution in [2.45, 2.75) is 31.7 Å². The molecule has 0 aliphatic carbocycles. The molecule has 1 aliphatic rings. The van der Waals surface area contributed by atoms with Crippen LogP contribution in [0, 0.1) is 0 Å². The van der Waals surface area contributed by atoms with Crippen LogP contribution in [-0.2, 0) is 14.3 Å². The number of nitrogens with one attached hydrogen (secondary N) is 2. The molecule has 5 heteroatoms. The number of hydrogen-bond acceptors (Lipinski definition) is 4. The van der Waals surface area contributed by atoms with Crippen LogP contribution in [0.1, 0.15) is 25.7 Å². The number of esters is 1. The summed E-state index contributed by atoms with van der Waals surface area (Å²) in [6.45, 7) is 1.45. The van der Waals surface area contributed by atoms with Crippen molar-refractivity contribution < 1.29 is 14.3 Å². The highest BCUT2D eigenvalue weighted by molar-refractivity contribution is 5.82. The zero-order valence-corrected chi connectivity index (χ0v) is 9.04. The summed E-state index contributed by atoms with van der Waals surface area (Å²) < 4.78 is 4.49. The molecular weight excluding hydrogens is 196 g/mol. The van der Waals surface area contributed by atoms with Crippen molar-refractivity contribution in [1.82, 2.24) is 10.6 Å². The van der Waals surface area contributed by atoms with Crippen molar-refractivity contribution in [2.24, 2.45) is 0 Å². The van der Waals surface area contributed by atoms with Crippen LogP contribution >= 0.6 is 0 Å². The quantitative estimate of drug-likeness (QED) is 0.491. The molecule has 1 unspecified atom stereocenters. The first-order chi connectivity index (χ1) is 7.24. The number of ether oxygens (including phenoxy) is 1. The first-order valence-electron chi connectivity index (χ1n) is 5.32. The second-order valence-corrected chi connectivity index (χ2v) is 3.62. The topological polar surface area (TPSA) is 67.4 Å². The Hall–Kier alpha value is -1.10. The molecule has 1 rings (SSSR count). The molecule has 2 N–H and O–H groups in total. The minimum absolute atomic E-state index is 0.0388. The Balaban J connectivity index is 2.04. The summed E-state index contributed by atoms with van der Waals surface area (Å²) >= 11 is 0. The van der Waals surface area contributed by atoms with Gasteiger partial charge in [0, 0.05) is 13.0 Å². The van der Waals surface area contributed by atoms with Gasteiger partial charge in [-0.3, -0.25) is 9.59 Å². The average Bonchev–Trinajstić information content (AvgIpc) is 2.77.